The van der Waals surface area contributed by atoms with Crippen molar-refractivity contribution in [3.63, 3.8) is 0 Å². The molecule has 0 radical (unpaired) electrons. The average Bonchev–Trinajstić information content (AvgIpc) is 3.50. The summed E-state index contributed by atoms with van der Waals surface area (Å²) in [6.07, 6.45) is -0.175. The number of carbonyl (C=O) groups is 10. The first-order valence-corrected chi connectivity index (χ1v) is 27.5. The van der Waals surface area contributed by atoms with Crippen LogP contribution >= 0.6 is 23.4 Å². The van der Waals surface area contributed by atoms with Crippen molar-refractivity contribution < 1.29 is 63.3 Å². The van der Waals surface area contributed by atoms with Crippen molar-refractivity contribution in [3.05, 3.63) is 130 Å². The Morgan fingerprint density at radius 2 is 0.951 bits per heavy atom. The van der Waals surface area contributed by atoms with Gasteiger partial charge in [-0.15, -0.1) is 0 Å². The normalized spacial score (nSPS) is 14.3. The number of aromatic hydroxyl groups is 2. The third-order valence-corrected chi connectivity index (χ3v) is 13.5. The number of nitrogens with one attached hydrogen (secondary N) is 8. The molecule has 1 unspecified atom stereocenters. The number of benzene rings is 4. The lowest BCUT2D eigenvalue weighted by molar-refractivity contribution is -0.136. The van der Waals surface area contributed by atoms with E-state index in [2.05, 4.69) is 42.5 Å². The predicted octanol–water partition coefficient (Wildman–Crippen LogP) is -1.07. The highest BCUT2D eigenvalue weighted by Gasteiger charge is 2.35. The Hall–Kier alpha value is -8.30. The molecule has 0 aromatic heterocycles. The lowest BCUT2D eigenvalue weighted by Crippen LogP contribution is -2.62. The molecular weight excluding hydrogens is 1100 g/mol. The minimum atomic E-state index is -1.73. The van der Waals surface area contributed by atoms with Gasteiger partial charge < -0.3 is 80.8 Å². The highest BCUT2D eigenvalue weighted by Crippen LogP contribution is 2.16. The molecule has 0 aliphatic rings. The molecule has 27 heteroatoms. The molecule has 4 aromatic rings. The predicted molar refractivity (Wildman–Crippen MR) is 305 cm³/mol. The summed E-state index contributed by atoms with van der Waals surface area (Å²) in [5.41, 5.74) is 25.2. The van der Waals surface area contributed by atoms with Crippen molar-refractivity contribution in [3.8, 4) is 11.5 Å². The molecule has 0 aliphatic heterocycles. The first-order chi connectivity index (χ1) is 38.9. The molecule has 0 spiro atoms. The Morgan fingerprint density at radius 3 is 1.43 bits per heavy atom. The first-order valence-electron chi connectivity index (χ1n) is 25.9. The standard InChI is InChI=1S/C55H71ClN12O13S/c1-29(48(74)64-41(47(60)73)25-33-11-19-37(70)20-12-33)62-54(80)45(30(2)69)68-50(76)40(6-4-5-23-57)63-51(77)42(26-32-7-15-35(16-8-32)46(59)72)65-52(78)43(27-34-13-21-38(71)22-14-34)66-53(79)44(28-61-55(81)82-3)67-49(75)39(58)24-31-9-17-36(56)18-10-31/h7-22,29-30,39-45,69-71H,4-6,23-28,57-58H2,1-3H3,(H2,59,72)(H2,60,73)(H,61,81)(H,62,80)(H,63,77)(H,64,74)(H,65,78)(H,66,79)(H,67,75)(H,68,76)/t29-,30?,39-,40-,41+,42+,43-,44-,45-/m0/s1. The first kappa shape index (κ1) is 66.2. The number of aliphatic hydroxyl groups is 1. The zero-order valence-corrected chi connectivity index (χ0v) is 46.9. The molecule has 25 nitrogen and oxygen atoms in total. The van der Waals surface area contributed by atoms with E-state index < -0.39 is 119 Å². The van der Waals surface area contributed by atoms with Gasteiger partial charge in [0.2, 0.25) is 53.2 Å². The van der Waals surface area contributed by atoms with E-state index in [1.54, 1.807) is 24.3 Å². The van der Waals surface area contributed by atoms with E-state index in [0.717, 1.165) is 11.8 Å². The van der Waals surface area contributed by atoms with Gasteiger partial charge in [0.25, 0.3) is 5.24 Å². The van der Waals surface area contributed by atoms with Gasteiger partial charge in [0.1, 0.15) is 53.8 Å². The number of phenols is 2. The number of hydrogen-bond acceptors (Lipinski definition) is 16. The molecule has 0 heterocycles. The smallest absolute Gasteiger partial charge is 0.278 e. The minimum absolute atomic E-state index is 0.0273. The SMILES string of the molecule is CSC(=O)NC[C@H](NC(=O)[C@@H](N)Cc1ccc(Cl)cc1)C(=O)N[C@@H](Cc1ccc(O)cc1)C(=O)N[C@H](Cc1ccc(C(N)=O)cc1)C(=O)N[C@@H](CCCCN)C(=O)N[C@H](C(=O)N[C@@H](C)C(=O)N[C@H](Cc1ccc(O)cc1)C(N)=O)C(C)O. The van der Waals surface area contributed by atoms with Crippen LogP contribution in [0.2, 0.25) is 5.02 Å². The summed E-state index contributed by atoms with van der Waals surface area (Å²) in [6, 6.07) is 12.1. The van der Waals surface area contributed by atoms with Crippen LogP contribution in [0.5, 0.6) is 11.5 Å². The van der Waals surface area contributed by atoms with Gasteiger partial charge in [-0.05, 0) is 123 Å². The van der Waals surface area contributed by atoms with Crippen LogP contribution in [0, 0.1) is 0 Å². The Balaban J connectivity index is 1.63. The number of nitrogens with two attached hydrogens (primary N) is 4. The third kappa shape index (κ3) is 22.0. The highest BCUT2D eigenvalue weighted by molar-refractivity contribution is 8.12. The monoisotopic (exact) mass is 1170 g/mol. The highest BCUT2D eigenvalue weighted by atomic mass is 35.5. The number of rotatable bonds is 31. The van der Waals surface area contributed by atoms with E-state index in [0.29, 0.717) is 33.7 Å². The molecule has 0 fully saturated rings. The summed E-state index contributed by atoms with van der Waals surface area (Å²) in [4.78, 5) is 135. The van der Waals surface area contributed by atoms with Crippen molar-refractivity contribution >= 4 is 81.8 Å². The molecule has 19 N–H and O–H groups in total. The quantitative estimate of drug-likeness (QED) is 0.0267. The average molecular weight is 1180 g/mol. The van der Waals surface area contributed by atoms with Gasteiger partial charge in [-0.1, -0.05) is 71.9 Å². The fourth-order valence-corrected chi connectivity index (χ4v) is 8.39. The van der Waals surface area contributed by atoms with Gasteiger partial charge in [-0.3, -0.25) is 47.9 Å². The van der Waals surface area contributed by atoms with Gasteiger partial charge in [0, 0.05) is 36.4 Å². The number of halogens is 1. The van der Waals surface area contributed by atoms with Crippen molar-refractivity contribution in [1.29, 1.82) is 0 Å². The van der Waals surface area contributed by atoms with Crippen molar-refractivity contribution in [1.82, 2.24) is 42.5 Å². The van der Waals surface area contributed by atoms with Crippen molar-refractivity contribution in [2.75, 3.05) is 19.3 Å². The van der Waals surface area contributed by atoms with E-state index in [9.17, 15) is 63.3 Å². The number of thioether (sulfide) groups is 1. The largest absolute Gasteiger partial charge is 0.508 e. The van der Waals surface area contributed by atoms with Crippen LogP contribution in [0.15, 0.2) is 97.1 Å². The molecular formula is C55H71ClN12O13S. The molecule has 0 saturated heterocycles. The molecule has 442 valence electrons. The Bertz CT molecular complexity index is 2850. The Kier molecular flexibility index (Phi) is 26.5. The number of carbonyl (C=O) groups excluding carboxylic acids is 10. The maximum atomic E-state index is 14.7. The molecule has 82 heavy (non-hydrogen) atoms. The van der Waals surface area contributed by atoms with Crippen LogP contribution in [0.1, 0.15) is 65.7 Å². The number of primary amides is 2. The molecule has 0 aliphatic carbocycles. The molecule has 4 rings (SSSR count). The lowest BCUT2D eigenvalue weighted by Gasteiger charge is -2.28. The summed E-state index contributed by atoms with van der Waals surface area (Å²) < 4.78 is 0. The summed E-state index contributed by atoms with van der Waals surface area (Å²) in [5.74, 6) is -8.32. The topological polar surface area (TPSA) is 432 Å². The van der Waals surface area contributed by atoms with E-state index in [1.165, 1.54) is 92.9 Å². The van der Waals surface area contributed by atoms with Crippen LogP contribution in [-0.4, -0.2) is 148 Å². The molecule has 9 atom stereocenters. The van der Waals surface area contributed by atoms with Gasteiger partial charge in [0.15, 0.2) is 0 Å². The number of amides is 10. The molecule has 0 bridgehead atoms. The maximum absolute atomic E-state index is 14.7. The second-order valence-electron chi connectivity index (χ2n) is 19.3. The minimum Gasteiger partial charge on any atom is -0.508 e. The second kappa shape index (κ2) is 32.8. The molecule has 4 aromatic carbocycles. The van der Waals surface area contributed by atoms with Crippen molar-refractivity contribution in [2.45, 2.75) is 113 Å². The number of unbranched alkanes of at least 4 members (excludes halogenated alkanes) is 1. The second-order valence-corrected chi connectivity index (χ2v) is 20.5. The Morgan fingerprint density at radius 1 is 0.524 bits per heavy atom. The summed E-state index contributed by atoms with van der Waals surface area (Å²) >= 11 is 6.81. The summed E-state index contributed by atoms with van der Waals surface area (Å²) in [7, 11) is 0. The zero-order valence-electron chi connectivity index (χ0n) is 45.3. The van der Waals surface area contributed by atoms with E-state index in [4.69, 9.17) is 34.5 Å². The van der Waals surface area contributed by atoms with Crippen molar-refractivity contribution in [2.24, 2.45) is 22.9 Å². The van der Waals surface area contributed by atoms with Crippen LogP contribution in [-0.2, 0) is 64.0 Å². The number of aliphatic hydroxyl groups excluding tert-OH is 1. The van der Waals surface area contributed by atoms with Crippen LogP contribution in [0.4, 0.5) is 4.79 Å². The van der Waals surface area contributed by atoms with Crippen LogP contribution in [0.3, 0.4) is 0 Å². The van der Waals surface area contributed by atoms with E-state index >= 15 is 0 Å². The molecule has 0 saturated carbocycles. The number of phenolic OH excluding ortho intramolecular Hbond substituents is 2. The third-order valence-electron chi connectivity index (χ3n) is 12.7. The summed E-state index contributed by atoms with van der Waals surface area (Å²) in [6.45, 7) is 2.20. The van der Waals surface area contributed by atoms with Gasteiger partial charge in [0.05, 0.1) is 12.1 Å². The van der Waals surface area contributed by atoms with E-state index in [1.807, 2.05) is 0 Å². The Labute approximate surface area is 482 Å². The number of hydrogen-bond donors (Lipinski definition) is 15. The fourth-order valence-electron chi connectivity index (χ4n) is 8.03. The van der Waals surface area contributed by atoms with Crippen LogP contribution < -0.4 is 65.5 Å². The van der Waals surface area contributed by atoms with E-state index in [-0.39, 0.29) is 62.1 Å². The lowest BCUT2D eigenvalue weighted by atomic mass is 10.00. The van der Waals surface area contributed by atoms with Gasteiger partial charge >= 0.3 is 0 Å². The van der Waals surface area contributed by atoms with Gasteiger partial charge in [-0.2, -0.15) is 0 Å². The fraction of sp³-hybridized carbons (Fsp3) is 0.382. The zero-order chi connectivity index (χ0) is 60.6. The molecule has 10 amide bonds. The maximum Gasteiger partial charge on any atom is 0.278 e. The van der Waals surface area contributed by atoms with Gasteiger partial charge in [-0.25, -0.2) is 0 Å². The van der Waals surface area contributed by atoms with Crippen LogP contribution in [0.25, 0.3) is 0 Å². The summed E-state index contributed by atoms with van der Waals surface area (Å²) in [5, 5.41) is 50.7.